The average Bonchev–Trinajstić information content (AvgIpc) is 2.74. The van der Waals surface area contributed by atoms with Crippen LogP contribution in [0.15, 0.2) is 59.1 Å². The summed E-state index contributed by atoms with van der Waals surface area (Å²) < 4.78 is 2.58. The van der Waals surface area contributed by atoms with Crippen LogP contribution in [0.1, 0.15) is 16.1 Å². The third-order valence-electron chi connectivity index (χ3n) is 3.20. The normalized spacial score (nSPS) is 10.8. The van der Waals surface area contributed by atoms with Gasteiger partial charge in [0.2, 0.25) is 0 Å². The van der Waals surface area contributed by atoms with Gasteiger partial charge >= 0.3 is 0 Å². The Hall–Kier alpha value is -1.87. The van der Waals surface area contributed by atoms with Crippen LogP contribution >= 0.6 is 15.9 Å². The summed E-state index contributed by atoms with van der Waals surface area (Å²) >= 11 is 3.44. The van der Waals surface area contributed by atoms with Crippen molar-refractivity contribution in [2.24, 2.45) is 0 Å². The van der Waals surface area contributed by atoms with Gasteiger partial charge in [0.05, 0.1) is 11.1 Å². The summed E-state index contributed by atoms with van der Waals surface area (Å²) in [5.74, 6) is -0.00817. The summed E-state index contributed by atoms with van der Waals surface area (Å²) in [6.07, 6.45) is 0. The van der Waals surface area contributed by atoms with Crippen molar-refractivity contribution in [1.29, 1.82) is 0 Å². The first-order valence-corrected chi connectivity index (χ1v) is 6.84. The molecule has 0 saturated carbocycles. The van der Waals surface area contributed by atoms with E-state index in [1.54, 1.807) is 4.57 Å². The van der Waals surface area contributed by atoms with Crippen LogP contribution in [0.2, 0.25) is 0 Å². The summed E-state index contributed by atoms with van der Waals surface area (Å²) in [6, 6.07) is 17.4. The Labute approximate surface area is 119 Å². The third-order valence-corrected chi connectivity index (χ3v) is 3.89. The molecular weight excluding hydrogens is 302 g/mol. The number of rotatable bonds is 1. The minimum Gasteiger partial charge on any atom is -0.280 e. The van der Waals surface area contributed by atoms with Crippen LogP contribution < -0.4 is 0 Å². The number of para-hydroxylation sites is 1. The largest absolute Gasteiger partial charge is 0.280 e. The van der Waals surface area contributed by atoms with Crippen molar-refractivity contribution in [1.82, 2.24) is 4.57 Å². The van der Waals surface area contributed by atoms with Crippen molar-refractivity contribution in [2.45, 2.75) is 6.92 Å². The number of hydrogen-bond acceptors (Lipinski definition) is 1. The second kappa shape index (κ2) is 4.67. The van der Waals surface area contributed by atoms with E-state index in [1.807, 2.05) is 61.5 Å². The van der Waals surface area contributed by atoms with Crippen LogP contribution in [0.5, 0.6) is 0 Å². The zero-order valence-electron chi connectivity index (χ0n) is 10.4. The number of hydrogen-bond donors (Lipinski definition) is 0. The molecule has 0 saturated heterocycles. The number of carbonyl (C=O) groups excluding carboxylic acids is 1. The van der Waals surface area contributed by atoms with Crippen LogP contribution in [0.25, 0.3) is 10.9 Å². The van der Waals surface area contributed by atoms with Gasteiger partial charge in [0.25, 0.3) is 5.91 Å². The molecule has 0 aliphatic rings. The molecule has 0 aliphatic heterocycles. The minimum atomic E-state index is -0.00817. The lowest BCUT2D eigenvalue weighted by molar-refractivity contribution is 0.0962. The van der Waals surface area contributed by atoms with Gasteiger partial charge in [-0.05, 0) is 47.1 Å². The molecule has 1 heterocycles. The molecule has 1 aromatic heterocycles. The zero-order chi connectivity index (χ0) is 13.4. The number of nitrogens with zero attached hydrogens (tertiary/aromatic N) is 1. The summed E-state index contributed by atoms with van der Waals surface area (Å²) in [7, 11) is 0. The lowest BCUT2D eigenvalue weighted by Gasteiger charge is -2.08. The van der Waals surface area contributed by atoms with Crippen molar-refractivity contribution in [2.75, 3.05) is 0 Å². The second-order valence-corrected chi connectivity index (χ2v) is 5.32. The summed E-state index contributed by atoms with van der Waals surface area (Å²) in [4.78, 5) is 12.7. The Balaban J connectivity index is 2.23. The van der Waals surface area contributed by atoms with Gasteiger partial charge in [0, 0.05) is 15.6 Å². The van der Waals surface area contributed by atoms with Gasteiger partial charge in [-0.3, -0.25) is 9.36 Å². The zero-order valence-corrected chi connectivity index (χ0v) is 12.0. The highest BCUT2D eigenvalue weighted by molar-refractivity contribution is 9.10. The van der Waals surface area contributed by atoms with Gasteiger partial charge in [0.1, 0.15) is 0 Å². The van der Waals surface area contributed by atoms with E-state index in [2.05, 4.69) is 15.9 Å². The fourth-order valence-corrected chi connectivity index (χ4v) is 2.77. The van der Waals surface area contributed by atoms with Crippen LogP contribution in [-0.2, 0) is 0 Å². The lowest BCUT2D eigenvalue weighted by atomic mass is 10.2. The summed E-state index contributed by atoms with van der Waals surface area (Å²) in [5, 5.41) is 1.08. The first-order chi connectivity index (χ1) is 9.18. The van der Waals surface area contributed by atoms with E-state index in [1.165, 1.54) is 0 Å². The maximum Gasteiger partial charge on any atom is 0.263 e. The number of fused-ring (bicyclic) bond motifs is 1. The fraction of sp³-hybridized carbons (Fsp3) is 0.0625. The SMILES string of the molecule is Cc1cc2ccccc2n1C(=O)c1ccccc1Br. The minimum absolute atomic E-state index is 0.00817. The van der Waals surface area contributed by atoms with E-state index in [0.29, 0.717) is 5.56 Å². The molecule has 0 fully saturated rings. The molecule has 0 amide bonds. The van der Waals surface area contributed by atoms with Crippen LogP contribution in [0.4, 0.5) is 0 Å². The second-order valence-electron chi connectivity index (χ2n) is 4.46. The van der Waals surface area contributed by atoms with Gasteiger partial charge in [-0.15, -0.1) is 0 Å². The third kappa shape index (κ3) is 2.00. The number of aromatic nitrogens is 1. The molecule has 0 unspecified atom stereocenters. The maximum atomic E-state index is 12.7. The molecule has 94 valence electrons. The number of carbonyl (C=O) groups is 1. The van der Waals surface area contributed by atoms with Crippen molar-refractivity contribution < 1.29 is 4.79 Å². The maximum absolute atomic E-state index is 12.7. The number of aryl methyl sites for hydroxylation is 1. The Morgan fingerprint density at radius 3 is 2.53 bits per heavy atom. The molecule has 3 rings (SSSR count). The van der Waals surface area contributed by atoms with Crippen molar-refractivity contribution in [3.05, 3.63) is 70.3 Å². The van der Waals surface area contributed by atoms with E-state index >= 15 is 0 Å². The number of halogens is 1. The topological polar surface area (TPSA) is 22.0 Å². The van der Waals surface area contributed by atoms with Gasteiger partial charge in [-0.2, -0.15) is 0 Å². The molecule has 0 radical (unpaired) electrons. The Morgan fingerprint density at radius 2 is 1.74 bits per heavy atom. The quantitative estimate of drug-likeness (QED) is 0.652. The highest BCUT2D eigenvalue weighted by Crippen LogP contribution is 2.23. The molecule has 0 spiro atoms. The smallest absolute Gasteiger partial charge is 0.263 e. The Kier molecular flexibility index (Phi) is 2.99. The van der Waals surface area contributed by atoms with Crippen molar-refractivity contribution >= 4 is 32.7 Å². The van der Waals surface area contributed by atoms with E-state index in [4.69, 9.17) is 0 Å². The average molecular weight is 314 g/mol. The first kappa shape index (κ1) is 12.2. The predicted octanol–water partition coefficient (Wildman–Crippen LogP) is 4.40. The molecule has 2 nitrogen and oxygen atoms in total. The Bertz CT molecular complexity index is 773. The van der Waals surface area contributed by atoms with Crippen LogP contribution in [0, 0.1) is 6.92 Å². The molecule has 0 N–H and O–H groups in total. The van der Waals surface area contributed by atoms with Crippen molar-refractivity contribution in [3.63, 3.8) is 0 Å². The molecule has 0 aliphatic carbocycles. The van der Waals surface area contributed by atoms with Gasteiger partial charge < -0.3 is 0 Å². The molecule has 19 heavy (non-hydrogen) atoms. The Morgan fingerprint density at radius 1 is 1.05 bits per heavy atom. The standard InChI is InChI=1S/C16H12BrNO/c1-11-10-12-6-2-5-9-15(12)18(11)16(19)13-7-3-4-8-14(13)17/h2-10H,1H3. The van der Waals surface area contributed by atoms with E-state index in [0.717, 1.165) is 21.1 Å². The first-order valence-electron chi connectivity index (χ1n) is 6.05. The van der Waals surface area contributed by atoms with Gasteiger partial charge in [-0.25, -0.2) is 0 Å². The monoisotopic (exact) mass is 313 g/mol. The molecule has 0 bridgehead atoms. The van der Waals surface area contributed by atoms with Gasteiger partial charge in [-0.1, -0.05) is 30.3 Å². The van der Waals surface area contributed by atoms with Crippen molar-refractivity contribution in [3.8, 4) is 0 Å². The summed E-state index contributed by atoms with van der Waals surface area (Å²) in [6.45, 7) is 1.95. The number of benzene rings is 2. The highest BCUT2D eigenvalue weighted by atomic mass is 79.9. The van der Waals surface area contributed by atoms with E-state index in [-0.39, 0.29) is 5.91 Å². The molecule has 0 atom stereocenters. The predicted molar refractivity (Wildman–Crippen MR) is 80.5 cm³/mol. The van der Waals surface area contributed by atoms with E-state index < -0.39 is 0 Å². The molecular formula is C16H12BrNO. The van der Waals surface area contributed by atoms with Crippen LogP contribution in [-0.4, -0.2) is 10.5 Å². The van der Waals surface area contributed by atoms with Gasteiger partial charge in [0.15, 0.2) is 0 Å². The molecule has 3 aromatic rings. The lowest BCUT2D eigenvalue weighted by Crippen LogP contribution is -2.13. The molecule has 2 aromatic carbocycles. The summed E-state index contributed by atoms with van der Waals surface area (Å²) in [5.41, 5.74) is 2.56. The van der Waals surface area contributed by atoms with E-state index in [9.17, 15) is 4.79 Å². The van der Waals surface area contributed by atoms with Crippen LogP contribution in [0.3, 0.4) is 0 Å². The fourth-order valence-electron chi connectivity index (χ4n) is 2.32. The highest BCUT2D eigenvalue weighted by Gasteiger charge is 2.16. The molecule has 3 heteroatoms.